The summed E-state index contributed by atoms with van der Waals surface area (Å²) in [5.74, 6) is 0.169. The van der Waals surface area contributed by atoms with Crippen molar-refractivity contribution in [3.63, 3.8) is 0 Å². The molecule has 0 saturated carbocycles. The lowest BCUT2D eigenvalue weighted by Crippen LogP contribution is -2.21. The Hall–Kier alpha value is -2.44. The van der Waals surface area contributed by atoms with E-state index in [1.54, 1.807) is 24.3 Å². The van der Waals surface area contributed by atoms with Gasteiger partial charge in [0.15, 0.2) is 14.8 Å². The van der Waals surface area contributed by atoms with Gasteiger partial charge in [-0.1, -0.05) is 71.1 Å². The summed E-state index contributed by atoms with van der Waals surface area (Å²) in [6.45, 7) is 0.523. The molecule has 0 bridgehead atoms. The van der Waals surface area contributed by atoms with Crippen molar-refractivity contribution in [3.05, 3.63) is 79.5 Å². The van der Waals surface area contributed by atoms with Crippen molar-refractivity contribution in [2.45, 2.75) is 11.7 Å². The van der Waals surface area contributed by atoms with Gasteiger partial charge in [0.05, 0.1) is 24.1 Å². The van der Waals surface area contributed by atoms with E-state index in [4.69, 9.17) is 34.1 Å². The lowest BCUT2D eigenvalue weighted by atomic mass is 10.2. The van der Waals surface area contributed by atoms with E-state index < -0.39 is 0 Å². The summed E-state index contributed by atoms with van der Waals surface area (Å²) in [6.07, 6.45) is 0. The Balaban J connectivity index is 1.96. The Morgan fingerprint density at radius 3 is 2.72 bits per heavy atom. The van der Waals surface area contributed by atoms with Crippen LogP contribution in [0.5, 0.6) is 0 Å². The zero-order valence-electron chi connectivity index (χ0n) is 14.9. The van der Waals surface area contributed by atoms with E-state index in [-0.39, 0.29) is 11.3 Å². The summed E-state index contributed by atoms with van der Waals surface area (Å²) in [5.41, 5.74) is 1.98. The molecule has 0 saturated heterocycles. The highest BCUT2D eigenvalue weighted by Crippen LogP contribution is 2.26. The number of hydrogen-bond donors (Lipinski definition) is 0. The fraction of sp³-hybridized carbons (Fsp3) is 0.100. The standard InChI is InChI=1S/C20H13ClN4OS3/c21-14-7-4-8-15(11-14)25-18(26)16-17(23-19(25)28-10-9-22)24(20(27)29-16)12-13-5-2-1-3-6-13/h1-8,11H,10,12H2. The van der Waals surface area contributed by atoms with Crippen LogP contribution in [-0.4, -0.2) is 19.9 Å². The van der Waals surface area contributed by atoms with Gasteiger partial charge in [0.25, 0.3) is 5.56 Å². The third kappa shape index (κ3) is 4.00. The Morgan fingerprint density at radius 2 is 2.00 bits per heavy atom. The molecule has 29 heavy (non-hydrogen) atoms. The number of halogens is 1. The van der Waals surface area contributed by atoms with E-state index in [2.05, 4.69) is 6.07 Å². The molecule has 0 amide bonds. The van der Waals surface area contributed by atoms with Gasteiger partial charge in [-0.2, -0.15) is 5.26 Å². The topological polar surface area (TPSA) is 63.6 Å². The van der Waals surface area contributed by atoms with Crippen LogP contribution in [0.4, 0.5) is 0 Å². The first-order valence-electron chi connectivity index (χ1n) is 8.54. The van der Waals surface area contributed by atoms with Crippen LogP contribution in [0.25, 0.3) is 16.0 Å². The number of thiazole rings is 1. The first-order chi connectivity index (χ1) is 14.1. The fourth-order valence-electron chi connectivity index (χ4n) is 2.92. The minimum absolute atomic E-state index is 0.169. The number of nitrogens with zero attached hydrogens (tertiary/aromatic N) is 4. The lowest BCUT2D eigenvalue weighted by molar-refractivity contribution is 0.773. The predicted octanol–water partition coefficient (Wildman–Crippen LogP) is 5.30. The molecular weight excluding hydrogens is 444 g/mol. The second-order valence-corrected chi connectivity index (χ2v) is 9.08. The van der Waals surface area contributed by atoms with Crippen LogP contribution in [0.2, 0.25) is 5.02 Å². The molecule has 0 aliphatic rings. The Morgan fingerprint density at radius 1 is 1.21 bits per heavy atom. The van der Waals surface area contributed by atoms with Crippen LogP contribution in [0.3, 0.4) is 0 Å². The van der Waals surface area contributed by atoms with Crippen LogP contribution >= 0.6 is 46.9 Å². The molecule has 0 atom stereocenters. The largest absolute Gasteiger partial charge is 0.303 e. The first kappa shape index (κ1) is 19.9. The number of fused-ring (bicyclic) bond motifs is 1. The van der Waals surface area contributed by atoms with Gasteiger partial charge < -0.3 is 4.57 Å². The summed E-state index contributed by atoms with van der Waals surface area (Å²) >= 11 is 14.1. The number of thioether (sulfide) groups is 1. The van der Waals surface area contributed by atoms with E-state index in [0.717, 1.165) is 5.56 Å². The molecule has 9 heteroatoms. The zero-order chi connectivity index (χ0) is 20.4. The molecule has 0 N–H and O–H groups in total. The molecule has 2 aromatic heterocycles. The fourth-order valence-corrected chi connectivity index (χ4v) is 5.03. The van der Waals surface area contributed by atoms with Crippen molar-refractivity contribution < 1.29 is 0 Å². The molecule has 144 valence electrons. The van der Waals surface area contributed by atoms with Crippen LogP contribution in [-0.2, 0) is 6.54 Å². The van der Waals surface area contributed by atoms with Gasteiger partial charge in [-0.3, -0.25) is 9.36 Å². The third-order valence-electron chi connectivity index (χ3n) is 4.17. The Bertz CT molecular complexity index is 1350. The number of aromatic nitrogens is 3. The van der Waals surface area contributed by atoms with Crippen molar-refractivity contribution in [2.24, 2.45) is 0 Å². The van der Waals surface area contributed by atoms with Crippen LogP contribution < -0.4 is 5.56 Å². The van der Waals surface area contributed by atoms with Crippen molar-refractivity contribution in [2.75, 3.05) is 5.75 Å². The van der Waals surface area contributed by atoms with Gasteiger partial charge in [-0.15, -0.1) is 0 Å². The van der Waals surface area contributed by atoms with Gasteiger partial charge in [0.1, 0.15) is 4.70 Å². The highest BCUT2D eigenvalue weighted by molar-refractivity contribution is 7.99. The molecule has 0 aliphatic carbocycles. The van der Waals surface area contributed by atoms with Gasteiger partial charge >= 0.3 is 0 Å². The van der Waals surface area contributed by atoms with Gasteiger partial charge in [-0.25, -0.2) is 4.98 Å². The zero-order valence-corrected chi connectivity index (χ0v) is 18.1. The van der Waals surface area contributed by atoms with Gasteiger partial charge in [-0.05, 0) is 36.0 Å². The van der Waals surface area contributed by atoms with Crippen molar-refractivity contribution >= 4 is 57.3 Å². The maximum atomic E-state index is 13.4. The number of rotatable bonds is 5. The maximum Gasteiger partial charge on any atom is 0.278 e. The Labute approximate surface area is 184 Å². The monoisotopic (exact) mass is 456 g/mol. The predicted molar refractivity (Wildman–Crippen MR) is 121 cm³/mol. The average molecular weight is 457 g/mol. The van der Waals surface area contributed by atoms with Crippen molar-refractivity contribution in [3.8, 4) is 11.8 Å². The van der Waals surface area contributed by atoms with Crippen LogP contribution in [0, 0.1) is 15.3 Å². The normalized spacial score (nSPS) is 10.9. The molecule has 0 aliphatic heterocycles. The van der Waals surface area contributed by atoms with E-state index in [1.165, 1.54) is 27.7 Å². The van der Waals surface area contributed by atoms with E-state index in [1.807, 2.05) is 34.9 Å². The van der Waals surface area contributed by atoms with Crippen LogP contribution in [0.15, 0.2) is 64.5 Å². The number of benzene rings is 2. The molecule has 2 heterocycles. The molecule has 2 aromatic carbocycles. The summed E-state index contributed by atoms with van der Waals surface area (Å²) < 4.78 is 4.42. The summed E-state index contributed by atoms with van der Waals surface area (Å²) in [6, 6.07) is 19.0. The minimum atomic E-state index is -0.222. The van der Waals surface area contributed by atoms with E-state index in [9.17, 15) is 4.79 Å². The number of nitriles is 1. The molecule has 0 radical (unpaired) electrons. The summed E-state index contributed by atoms with van der Waals surface area (Å²) in [4.78, 5) is 18.1. The second-order valence-electron chi connectivity index (χ2n) is 6.05. The minimum Gasteiger partial charge on any atom is -0.303 e. The average Bonchev–Trinajstić information content (AvgIpc) is 3.03. The highest BCUT2D eigenvalue weighted by atomic mass is 35.5. The molecule has 5 nitrogen and oxygen atoms in total. The quantitative estimate of drug-likeness (QED) is 0.232. The summed E-state index contributed by atoms with van der Waals surface area (Å²) in [5, 5.41) is 9.99. The molecule has 0 fully saturated rings. The van der Waals surface area contributed by atoms with Crippen LogP contribution in [0.1, 0.15) is 5.56 Å². The second kappa shape index (κ2) is 8.51. The Kier molecular flexibility index (Phi) is 5.83. The van der Waals surface area contributed by atoms with Crippen molar-refractivity contribution in [1.82, 2.24) is 14.1 Å². The van der Waals surface area contributed by atoms with E-state index in [0.29, 0.717) is 36.7 Å². The van der Waals surface area contributed by atoms with E-state index >= 15 is 0 Å². The number of hydrogen-bond acceptors (Lipinski definition) is 6. The summed E-state index contributed by atoms with van der Waals surface area (Å²) in [7, 11) is 0. The smallest absolute Gasteiger partial charge is 0.278 e. The highest BCUT2D eigenvalue weighted by Gasteiger charge is 2.18. The lowest BCUT2D eigenvalue weighted by Gasteiger charge is -2.12. The molecule has 0 unspecified atom stereocenters. The third-order valence-corrected chi connectivity index (χ3v) is 6.64. The van der Waals surface area contributed by atoms with Gasteiger partial charge in [0, 0.05) is 5.02 Å². The maximum absolute atomic E-state index is 13.4. The van der Waals surface area contributed by atoms with Gasteiger partial charge in [0.2, 0.25) is 0 Å². The molecular formula is C20H13ClN4OS3. The molecule has 4 rings (SSSR count). The molecule has 0 spiro atoms. The van der Waals surface area contributed by atoms with Crippen molar-refractivity contribution in [1.29, 1.82) is 5.26 Å². The first-order valence-corrected chi connectivity index (χ1v) is 11.1. The molecule has 4 aromatic rings. The SMILES string of the molecule is N#CCSc1nc2c(sc(=S)n2Cc2ccccc2)c(=O)n1-c1cccc(Cl)c1.